The molecule has 0 aromatic heterocycles. The molecule has 0 aliphatic carbocycles. The predicted octanol–water partition coefficient (Wildman–Crippen LogP) is 2.60. The molecule has 1 fully saturated rings. The van der Waals surface area contributed by atoms with Gasteiger partial charge in [-0.05, 0) is 58.8 Å². The molecule has 1 aliphatic heterocycles. The van der Waals surface area contributed by atoms with Gasteiger partial charge in [0, 0.05) is 19.0 Å². The highest BCUT2D eigenvalue weighted by atomic mass is 16.5. The molecule has 0 saturated carbocycles. The maximum atomic E-state index is 12.4. The molecule has 1 aromatic rings. The highest BCUT2D eigenvalue weighted by Crippen LogP contribution is 2.24. The Morgan fingerprint density at radius 1 is 1.15 bits per heavy atom. The first-order chi connectivity index (χ1) is 12.6. The van der Waals surface area contributed by atoms with Gasteiger partial charge in [0.1, 0.15) is 5.75 Å². The molecule has 1 aromatic carbocycles. The monoisotopic (exact) mass is 361 g/mol. The van der Waals surface area contributed by atoms with Crippen LogP contribution in [0.1, 0.15) is 33.6 Å². The van der Waals surface area contributed by atoms with E-state index in [-0.39, 0.29) is 17.7 Å². The van der Waals surface area contributed by atoms with Crippen LogP contribution in [0.3, 0.4) is 0 Å². The van der Waals surface area contributed by atoms with Crippen molar-refractivity contribution in [2.45, 2.75) is 33.6 Å². The van der Waals surface area contributed by atoms with Crippen LogP contribution in [0.4, 0.5) is 5.69 Å². The van der Waals surface area contributed by atoms with Gasteiger partial charge in [-0.25, -0.2) is 0 Å². The molecular weight excluding hydrogens is 330 g/mol. The van der Waals surface area contributed by atoms with Crippen LogP contribution < -0.4 is 10.1 Å². The smallest absolute Gasteiger partial charge is 0.238 e. The molecule has 1 N–H and O–H groups in total. The molecule has 26 heavy (non-hydrogen) atoms. The highest BCUT2D eigenvalue weighted by Gasteiger charge is 2.28. The van der Waals surface area contributed by atoms with Crippen LogP contribution >= 0.6 is 0 Å². The van der Waals surface area contributed by atoms with Gasteiger partial charge in [0.25, 0.3) is 0 Å². The van der Waals surface area contributed by atoms with E-state index in [1.54, 1.807) is 0 Å². The Bertz CT molecular complexity index is 594. The summed E-state index contributed by atoms with van der Waals surface area (Å²) in [6, 6.07) is 7.46. The number of rotatable bonds is 8. The second-order valence-electron chi connectivity index (χ2n) is 6.54. The molecule has 0 atom stereocenters. The van der Waals surface area contributed by atoms with Gasteiger partial charge in [0.05, 0.1) is 18.8 Å². The molecule has 2 amide bonds. The van der Waals surface area contributed by atoms with Crippen molar-refractivity contribution < 1.29 is 14.3 Å². The summed E-state index contributed by atoms with van der Waals surface area (Å²) in [6.07, 6.45) is 1.64. The van der Waals surface area contributed by atoms with E-state index in [1.165, 1.54) is 0 Å². The molecule has 1 heterocycles. The van der Waals surface area contributed by atoms with E-state index in [2.05, 4.69) is 10.2 Å². The van der Waals surface area contributed by atoms with Crippen molar-refractivity contribution in [2.24, 2.45) is 5.92 Å². The number of anilines is 1. The van der Waals surface area contributed by atoms with Gasteiger partial charge in [0.15, 0.2) is 0 Å². The summed E-state index contributed by atoms with van der Waals surface area (Å²) in [4.78, 5) is 28.8. The van der Waals surface area contributed by atoms with Gasteiger partial charge < -0.3 is 15.0 Å². The lowest BCUT2D eigenvalue weighted by Gasteiger charge is -2.33. The quantitative estimate of drug-likeness (QED) is 0.773. The van der Waals surface area contributed by atoms with Gasteiger partial charge >= 0.3 is 0 Å². The lowest BCUT2D eigenvalue weighted by molar-refractivity contribution is -0.136. The molecule has 0 spiro atoms. The number of para-hydroxylation sites is 2. The first-order valence-electron chi connectivity index (χ1n) is 9.61. The fourth-order valence-corrected chi connectivity index (χ4v) is 3.38. The third-order valence-electron chi connectivity index (χ3n) is 4.84. The number of carbonyl (C=O) groups excluding carboxylic acids is 2. The first kappa shape index (κ1) is 20.2. The van der Waals surface area contributed by atoms with Crippen LogP contribution in [-0.2, 0) is 9.59 Å². The number of nitrogens with one attached hydrogen (secondary N) is 1. The molecular formula is C20H31N3O3. The van der Waals surface area contributed by atoms with Gasteiger partial charge in [-0.2, -0.15) is 0 Å². The van der Waals surface area contributed by atoms with Crippen LogP contribution in [0.5, 0.6) is 5.75 Å². The summed E-state index contributed by atoms with van der Waals surface area (Å²) in [7, 11) is 0. The summed E-state index contributed by atoms with van der Waals surface area (Å²) in [5.41, 5.74) is 0.700. The van der Waals surface area contributed by atoms with Gasteiger partial charge in [-0.1, -0.05) is 12.1 Å². The minimum Gasteiger partial charge on any atom is -0.492 e. The average molecular weight is 361 g/mol. The largest absolute Gasteiger partial charge is 0.492 e. The molecule has 0 radical (unpaired) electrons. The molecule has 0 bridgehead atoms. The van der Waals surface area contributed by atoms with Crippen molar-refractivity contribution in [1.82, 2.24) is 9.80 Å². The minimum atomic E-state index is -0.0503. The number of hydrogen-bond donors (Lipinski definition) is 1. The zero-order chi connectivity index (χ0) is 18.9. The minimum absolute atomic E-state index is 0.0503. The zero-order valence-electron chi connectivity index (χ0n) is 16.2. The van der Waals surface area contributed by atoms with E-state index in [0.717, 1.165) is 39.0 Å². The number of piperidine rings is 1. The van der Waals surface area contributed by atoms with Crippen molar-refractivity contribution in [1.29, 1.82) is 0 Å². The van der Waals surface area contributed by atoms with Crippen molar-refractivity contribution in [2.75, 3.05) is 44.6 Å². The van der Waals surface area contributed by atoms with Gasteiger partial charge in [-0.3, -0.25) is 14.5 Å². The van der Waals surface area contributed by atoms with Crippen molar-refractivity contribution in [3.63, 3.8) is 0 Å². The van der Waals surface area contributed by atoms with Crippen LogP contribution in [0.25, 0.3) is 0 Å². The van der Waals surface area contributed by atoms with Gasteiger partial charge in [0.2, 0.25) is 11.8 Å². The van der Waals surface area contributed by atoms with E-state index in [1.807, 2.05) is 49.9 Å². The van der Waals surface area contributed by atoms with Crippen LogP contribution in [0.15, 0.2) is 24.3 Å². The SMILES string of the molecule is CCOc1ccccc1NC(=O)CN1CCC(C(=O)N(CC)CC)CC1. The number of ether oxygens (including phenoxy) is 1. The third-order valence-corrected chi connectivity index (χ3v) is 4.84. The van der Waals surface area contributed by atoms with E-state index in [0.29, 0.717) is 24.6 Å². The molecule has 6 nitrogen and oxygen atoms in total. The van der Waals surface area contributed by atoms with Crippen molar-refractivity contribution in [3.05, 3.63) is 24.3 Å². The average Bonchev–Trinajstić information content (AvgIpc) is 2.65. The number of benzene rings is 1. The number of carbonyl (C=O) groups is 2. The Balaban J connectivity index is 1.82. The van der Waals surface area contributed by atoms with E-state index < -0.39 is 0 Å². The maximum Gasteiger partial charge on any atom is 0.238 e. The Hall–Kier alpha value is -2.08. The highest BCUT2D eigenvalue weighted by molar-refractivity contribution is 5.93. The van der Waals surface area contributed by atoms with Crippen LogP contribution in [0, 0.1) is 5.92 Å². The Morgan fingerprint density at radius 3 is 2.42 bits per heavy atom. The molecule has 6 heteroatoms. The Morgan fingerprint density at radius 2 is 1.81 bits per heavy atom. The van der Waals surface area contributed by atoms with E-state index >= 15 is 0 Å². The number of amides is 2. The summed E-state index contributed by atoms with van der Waals surface area (Å²) >= 11 is 0. The molecule has 1 aliphatic rings. The second-order valence-corrected chi connectivity index (χ2v) is 6.54. The number of hydrogen-bond acceptors (Lipinski definition) is 4. The normalized spacial score (nSPS) is 15.5. The Kier molecular flexibility index (Phi) is 7.91. The van der Waals surface area contributed by atoms with Crippen LogP contribution in [0.2, 0.25) is 0 Å². The van der Waals surface area contributed by atoms with E-state index in [4.69, 9.17) is 4.74 Å². The Labute approximate surface area is 156 Å². The second kappa shape index (κ2) is 10.2. The molecule has 2 rings (SSSR count). The molecule has 1 saturated heterocycles. The first-order valence-corrected chi connectivity index (χ1v) is 9.61. The third kappa shape index (κ3) is 5.46. The number of likely N-dealkylation sites (tertiary alicyclic amines) is 1. The summed E-state index contributed by atoms with van der Waals surface area (Å²) < 4.78 is 5.54. The fraction of sp³-hybridized carbons (Fsp3) is 0.600. The topological polar surface area (TPSA) is 61.9 Å². The van der Waals surface area contributed by atoms with Gasteiger partial charge in [-0.15, -0.1) is 0 Å². The standard InChI is InChI=1S/C20H31N3O3/c1-4-23(5-2)20(25)16-11-13-22(14-12-16)15-19(24)21-17-9-7-8-10-18(17)26-6-3/h7-10,16H,4-6,11-15H2,1-3H3,(H,21,24). The predicted molar refractivity (Wildman–Crippen MR) is 103 cm³/mol. The summed E-state index contributed by atoms with van der Waals surface area (Å²) in [5.74, 6) is 0.982. The summed E-state index contributed by atoms with van der Waals surface area (Å²) in [5, 5.41) is 2.93. The lowest BCUT2D eigenvalue weighted by Crippen LogP contribution is -2.44. The molecule has 0 unspecified atom stereocenters. The fourth-order valence-electron chi connectivity index (χ4n) is 3.38. The van der Waals surface area contributed by atoms with Crippen molar-refractivity contribution >= 4 is 17.5 Å². The summed E-state index contributed by atoms with van der Waals surface area (Å²) in [6.45, 7) is 9.92. The maximum absolute atomic E-state index is 12.4. The van der Waals surface area contributed by atoms with Crippen LogP contribution in [-0.4, -0.2) is 60.9 Å². The zero-order valence-corrected chi connectivity index (χ0v) is 16.2. The van der Waals surface area contributed by atoms with E-state index in [9.17, 15) is 9.59 Å². The lowest BCUT2D eigenvalue weighted by atomic mass is 9.95. The number of nitrogens with zero attached hydrogens (tertiary/aromatic N) is 2. The molecule has 144 valence electrons. The van der Waals surface area contributed by atoms with Crippen molar-refractivity contribution in [3.8, 4) is 5.75 Å².